The molecule has 0 bridgehead atoms. The summed E-state index contributed by atoms with van der Waals surface area (Å²) in [6, 6.07) is 14.4. The molecule has 3 N–H and O–H groups in total. The SMILES string of the molecule is O=C(O)C(CCCCCC1C(O)CCC1SCC(O)COc1ccc(Cl)c(Cl)c1)c1ccccc1. The minimum absolute atomic E-state index is 0.164. The molecule has 1 fully saturated rings. The van der Waals surface area contributed by atoms with Gasteiger partial charge in [-0.2, -0.15) is 11.8 Å². The van der Waals surface area contributed by atoms with Crippen LogP contribution in [0.2, 0.25) is 10.0 Å². The number of benzene rings is 2. The molecular formula is C27H34Cl2O5S. The third-order valence-corrected chi connectivity index (χ3v) is 8.91. The van der Waals surface area contributed by atoms with Gasteiger partial charge < -0.3 is 20.1 Å². The van der Waals surface area contributed by atoms with Crippen LogP contribution < -0.4 is 4.74 Å². The number of aliphatic carboxylic acids is 1. The molecule has 0 heterocycles. The number of halogens is 2. The molecule has 8 heteroatoms. The molecule has 3 rings (SSSR count). The van der Waals surface area contributed by atoms with Crippen LogP contribution in [0, 0.1) is 5.92 Å². The van der Waals surface area contributed by atoms with Gasteiger partial charge in [0, 0.05) is 17.1 Å². The molecule has 5 unspecified atom stereocenters. The van der Waals surface area contributed by atoms with Gasteiger partial charge in [-0.05, 0) is 49.3 Å². The van der Waals surface area contributed by atoms with Gasteiger partial charge in [0.05, 0.1) is 28.2 Å². The van der Waals surface area contributed by atoms with E-state index in [-0.39, 0.29) is 18.6 Å². The summed E-state index contributed by atoms with van der Waals surface area (Å²) in [6.07, 6.45) is 5.07. The number of rotatable bonds is 14. The third-order valence-electron chi connectivity index (χ3n) is 6.59. The van der Waals surface area contributed by atoms with Crippen molar-refractivity contribution in [3.63, 3.8) is 0 Å². The minimum Gasteiger partial charge on any atom is -0.491 e. The summed E-state index contributed by atoms with van der Waals surface area (Å²) in [6.45, 7) is 0.164. The van der Waals surface area contributed by atoms with Gasteiger partial charge >= 0.3 is 5.97 Å². The van der Waals surface area contributed by atoms with Crippen molar-refractivity contribution in [2.75, 3.05) is 12.4 Å². The molecule has 2 aromatic carbocycles. The second kappa shape index (κ2) is 14.3. The highest BCUT2D eigenvalue weighted by atomic mass is 35.5. The lowest BCUT2D eigenvalue weighted by Gasteiger charge is -2.23. The molecule has 5 atom stereocenters. The molecule has 0 radical (unpaired) electrons. The van der Waals surface area contributed by atoms with Crippen molar-refractivity contribution in [1.29, 1.82) is 0 Å². The Balaban J connectivity index is 1.36. The van der Waals surface area contributed by atoms with Gasteiger partial charge in [-0.3, -0.25) is 4.79 Å². The zero-order valence-electron chi connectivity index (χ0n) is 19.7. The molecule has 0 amide bonds. The van der Waals surface area contributed by atoms with E-state index in [0.717, 1.165) is 44.1 Å². The fourth-order valence-corrected chi connectivity index (χ4v) is 6.38. The van der Waals surface area contributed by atoms with E-state index < -0.39 is 18.0 Å². The largest absolute Gasteiger partial charge is 0.491 e. The molecular weight excluding hydrogens is 507 g/mol. The molecule has 0 aromatic heterocycles. The van der Waals surface area contributed by atoms with Crippen LogP contribution in [-0.4, -0.2) is 51.1 Å². The van der Waals surface area contributed by atoms with Crippen LogP contribution in [0.1, 0.15) is 56.4 Å². The Kier molecular flexibility index (Phi) is 11.5. The van der Waals surface area contributed by atoms with Crippen LogP contribution in [-0.2, 0) is 4.79 Å². The molecule has 0 saturated heterocycles. The quantitative estimate of drug-likeness (QED) is 0.239. The highest BCUT2D eigenvalue weighted by molar-refractivity contribution is 7.99. The van der Waals surface area contributed by atoms with Crippen LogP contribution in [0.15, 0.2) is 48.5 Å². The standard InChI is InChI=1S/C27H34Cl2O5S/c28-23-12-11-20(15-24(23)29)34-16-19(30)17-35-26-14-13-25(31)22(26)10-6-2-5-9-21(27(32)33)18-7-3-1-4-8-18/h1,3-4,7-8,11-12,15,19,21-22,25-26,30-31H,2,5-6,9-10,13-14,16-17H2,(H,32,33). The molecule has 192 valence electrons. The maximum Gasteiger partial charge on any atom is 0.310 e. The zero-order chi connectivity index (χ0) is 25.2. The smallest absolute Gasteiger partial charge is 0.310 e. The van der Waals surface area contributed by atoms with Gasteiger partial charge in [-0.15, -0.1) is 0 Å². The van der Waals surface area contributed by atoms with Crippen molar-refractivity contribution < 1.29 is 24.9 Å². The van der Waals surface area contributed by atoms with E-state index in [1.54, 1.807) is 30.0 Å². The molecule has 2 aromatic rings. The Hall–Kier alpha value is -1.44. The van der Waals surface area contributed by atoms with Crippen LogP contribution >= 0.6 is 35.0 Å². The number of unbranched alkanes of at least 4 members (excludes halogenated alkanes) is 2. The maximum absolute atomic E-state index is 11.7. The van der Waals surface area contributed by atoms with E-state index >= 15 is 0 Å². The van der Waals surface area contributed by atoms with Crippen LogP contribution in [0.25, 0.3) is 0 Å². The lowest BCUT2D eigenvalue weighted by molar-refractivity contribution is -0.139. The van der Waals surface area contributed by atoms with Gasteiger partial charge in [0.1, 0.15) is 12.4 Å². The fourth-order valence-electron chi connectivity index (χ4n) is 4.66. The maximum atomic E-state index is 11.7. The highest BCUT2D eigenvalue weighted by Crippen LogP contribution is 2.39. The van der Waals surface area contributed by atoms with E-state index in [1.165, 1.54) is 0 Å². The minimum atomic E-state index is -0.777. The summed E-state index contributed by atoms with van der Waals surface area (Å²) in [5, 5.41) is 31.6. The summed E-state index contributed by atoms with van der Waals surface area (Å²) in [5.41, 5.74) is 0.851. The summed E-state index contributed by atoms with van der Waals surface area (Å²) in [5.74, 6) is 0.0550. The van der Waals surface area contributed by atoms with Gasteiger partial charge in [-0.1, -0.05) is 72.8 Å². The molecule has 1 saturated carbocycles. The van der Waals surface area contributed by atoms with Crippen molar-refractivity contribution in [3.8, 4) is 5.75 Å². The van der Waals surface area contributed by atoms with Crippen LogP contribution in [0.5, 0.6) is 5.75 Å². The second-order valence-corrected chi connectivity index (χ2v) is 11.2. The van der Waals surface area contributed by atoms with Crippen molar-refractivity contribution in [2.24, 2.45) is 5.92 Å². The van der Waals surface area contributed by atoms with E-state index in [0.29, 0.717) is 33.2 Å². The van der Waals surface area contributed by atoms with Crippen molar-refractivity contribution in [2.45, 2.75) is 68.3 Å². The predicted molar refractivity (Wildman–Crippen MR) is 143 cm³/mol. The Morgan fingerprint density at radius 2 is 1.83 bits per heavy atom. The number of aliphatic hydroxyl groups excluding tert-OH is 2. The summed E-state index contributed by atoms with van der Waals surface area (Å²) >= 11 is 13.6. The van der Waals surface area contributed by atoms with E-state index in [2.05, 4.69) is 0 Å². The molecule has 0 spiro atoms. The average Bonchev–Trinajstić information content (AvgIpc) is 3.20. The predicted octanol–water partition coefficient (Wildman–Crippen LogP) is 6.42. The number of carboxylic acid groups (broad SMARTS) is 1. The summed E-state index contributed by atoms with van der Waals surface area (Å²) < 4.78 is 5.63. The number of thioether (sulfide) groups is 1. The van der Waals surface area contributed by atoms with Crippen LogP contribution in [0.4, 0.5) is 0 Å². The third kappa shape index (κ3) is 8.87. The van der Waals surface area contributed by atoms with Crippen molar-refractivity contribution >= 4 is 40.9 Å². The Morgan fingerprint density at radius 3 is 2.54 bits per heavy atom. The first-order valence-corrected chi connectivity index (χ1v) is 14.0. The Labute approximate surface area is 221 Å². The first kappa shape index (κ1) is 28.1. The average molecular weight is 542 g/mol. The summed E-state index contributed by atoms with van der Waals surface area (Å²) in [4.78, 5) is 11.7. The zero-order valence-corrected chi connectivity index (χ0v) is 22.0. The monoisotopic (exact) mass is 540 g/mol. The lowest BCUT2D eigenvalue weighted by atomic mass is 9.92. The van der Waals surface area contributed by atoms with E-state index in [1.807, 2.05) is 30.3 Å². The Bertz CT molecular complexity index is 929. The lowest BCUT2D eigenvalue weighted by Crippen LogP contribution is -2.25. The summed E-state index contributed by atoms with van der Waals surface area (Å²) in [7, 11) is 0. The Morgan fingerprint density at radius 1 is 1.06 bits per heavy atom. The first-order valence-electron chi connectivity index (χ1n) is 12.2. The number of carbonyl (C=O) groups is 1. The van der Waals surface area contributed by atoms with Gasteiger partial charge in [-0.25, -0.2) is 0 Å². The number of ether oxygens (including phenoxy) is 1. The number of carboxylic acids is 1. The highest BCUT2D eigenvalue weighted by Gasteiger charge is 2.35. The molecule has 0 aliphatic heterocycles. The second-order valence-electron chi connectivity index (χ2n) is 9.16. The number of hydrogen-bond acceptors (Lipinski definition) is 5. The first-order chi connectivity index (χ1) is 16.8. The van der Waals surface area contributed by atoms with Gasteiger partial charge in [0.15, 0.2) is 0 Å². The van der Waals surface area contributed by atoms with Crippen LogP contribution in [0.3, 0.4) is 0 Å². The van der Waals surface area contributed by atoms with E-state index in [9.17, 15) is 20.1 Å². The van der Waals surface area contributed by atoms with Gasteiger partial charge in [0.25, 0.3) is 0 Å². The fraction of sp³-hybridized carbons (Fsp3) is 0.519. The van der Waals surface area contributed by atoms with Crippen molar-refractivity contribution in [3.05, 3.63) is 64.1 Å². The molecule has 5 nitrogen and oxygen atoms in total. The number of aliphatic hydroxyl groups is 2. The normalized spacial score (nSPS) is 21.5. The van der Waals surface area contributed by atoms with Gasteiger partial charge in [0.2, 0.25) is 0 Å². The molecule has 1 aliphatic rings. The topological polar surface area (TPSA) is 87.0 Å². The van der Waals surface area contributed by atoms with E-state index in [4.69, 9.17) is 27.9 Å². The molecule has 1 aliphatic carbocycles. The molecule has 35 heavy (non-hydrogen) atoms. The number of hydrogen-bond donors (Lipinski definition) is 3. The van der Waals surface area contributed by atoms with Crippen molar-refractivity contribution in [1.82, 2.24) is 0 Å².